The Kier molecular flexibility index (Phi) is 16.9. The largest absolute Gasteiger partial charge is 0.383 e. The predicted molar refractivity (Wildman–Crippen MR) is 210 cm³/mol. The summed E-state index contributed by atoms with van der Waals surface area (Å²) in [5, 5.41) is 10.8. The molecule has 5 N–H and O–H groups in total. The van der Waals surface area contributed by atoms with Crippen LogP contribution in [0, 0.1) is 0 Å². The lowest BCUT2D eigenvalue weighted by atomic mass is 10.1. The highest BCUT2D eigenvalue weighted by atomic mass is 32.1. The van der Waals surface area contributed by atoms with Crippen LogP contribution in [0.5, 0.6) is 0 Å². The van der Waals surface area contributed by atoms with Gasteiger partial charge in [0, 0.05) is 79.7 Å². The van der Waals surface area contributed by atoms with E-state index in [1.54, 1.807) is 7.11 Å². The van der Waals surface area contributed by atoms with Crippen molar-refractivity contribution in [1.82, 2.24) is 35.7 Å². The molecule has 13 nitrogen and oxygen atoms in total. The minimum Gasteiger partial charge on any atom is -0.383 e. The Morgan fingerprint density at radius 3 is 2.00 bits per heavy atom. The summed E-state index contributed by atoms with van der Waals surface area (Å²) >= 11 is 4.17. The molecule has 0 saturated heterocycles. The maximum absolute atomic E-state index is 14.2. The predicted octanol–water partition coefficient (Wildman–Crippen LogP) is 3.01. The Bertz CT molecular complexity index is 1810. The molecule has 0 aliphatic carbocycles. The molecule has 4 amide bonds. The minimum atomic E-state index is -0.840. The molecule has 14 heteroatoms. The highest BCUT2D eigenvalue weighted by Crippen LogP contribution is 2.20. The van der Waals surface area contributed by atoms with Crippen molar-refractivity contribution in [3.05, 3.63) is 72.1 Å². The van der Waals surface area contributed by atoms with Gasteiger partial charge in [0.15, 0.2) is 0 Å². The van der Waals surface area contributed by atoms with E-state index in [1.807, 2.05) is 60.9 Å². The van der Waals surface area contributed by atoms with Gasteiger partial charge >= 0.3 is 0 Å². The van der Waals surface area contributed by atoms with Crippen molar-refractivity contribution in [3.8, 4) is 0 Å². The Hall–Kier alpha value is -4.66. The van der Waals surface area contributed by atoms with E-state index in [0.29, 0.717) is 64.0 Å². The molecule has 286 valence electrons. The molecular formula is C39H53N7O6S. The second-order valence-electron chi connectivity index (χ2n) is 13.1. The monoisotopic (exact) mass is 747 g/mol. The molecule has 2 aromatic carbocycles. The summed E-state index contributed by atoms with van der Waals surface area (Å²) in [4.78, 5) is 75.4. The Morgan fingerprint density at radius 1 is 0.811 bits per heavy atom. The van der Waals surface area contributed by atoms with Gasteiger partial charge in [-0.25, -0.2) is 0 Å². The molecule has 2 aromatic heterocycles. The zero-order valence-corrected chi connectivity index (χ0v) is 31.6. The van der Waals surface area contributed by atoms with Gasteiger partial charge in [-0.05, 0) is 55.9 Å². The van der Waals surface area contributed by atoms with Crippen LogP contribution in [0.1, 0.15) is 43.7 Å². The number of benzene rings is 2. The maximum Gasteiger partial charge on any atom is 0.242 e. The Morgan fingerprint density at radius 2 is 1.42 bits per heavy atom. The van der Waals surface area contributed by atoms with Gasteiger partial charge in [-0.3, -0.25) is 19.2 Å². The first-order chi connectivity index (χ1) is 25.7. The Balaban J connectivity index is 1.52. The molecule has 0 spiro atoms. The lowest BCUT2D eigenvalue weighted by Gasteiger charge is -2.28. The number of Topliss-reactive ketones (excluding diaryl/α,β-unsaturated/α-hetero) is 1. The van der Waals surface area contributed by atoms with E-state index in [9.17, 15) is 24.0 Å². The molecule has 4 rings (SSSR count). The molecule has 1 unspecified atom stereocenters. The zero-order valence-electron chi connectivity index (χ0n) is 30.7. The number of carbonyl (C=O) groups excluding carboxylic acids is 5. The van der Waals surface area contributed by atoms with Crippen LogP contribution in [-0.4, -0.2) is 121 Å². The topological polar surface area (TPSA) is 169 Å². The second-order valence-corrected chi connectivity index (χ2v) is 13.5. The summed E-state index contributed by atoms with van der Waals surface area (Å²) in [6.45, 7) is 2.74. The van der Waals surface area contributed by atoms with Crippen molar-refractivity contribution < 1.29 is 28.7 Å². The van der Waals surface area contributed by atoms with Crippen molar-refractivity contribution >= 4 is 63.8 Å². The average Bonchev–Trinajstić information content (AvgIpc) is 3.77. The van der Waals surface area contributed by atoms with Gasteiger partial charge < -0.3 is 45.2 Å². The van der Waals surface area contributed by atoms with Gasteiger partial charge in [0.1, 0.15) is 11.8 Å². The van der Waals surface area contributed by atoms with Crippen molar-refractivity contribution in [2.24, 2.45) is 0 Å². The molecule has 4 aromatic rings. The molecule has 0 radical (unpaired) electrons. The summed E-state index contributed by atoms with van der Waals surface area (Å²) in [6.07, 6.45) is 6.70. The van der Waals surface area contributed by atoms with E-state index in [4.69, 9.17) is 4.74 Å². The number of unbranched alkanes of at least 4 members (excludes halogenated alkanes) is 1. The number of aromatic amines is 2. The summed E-state index contributed by atoms with van der Waals surface area (Å²) < 4.78 is 5.10. The van der Waals surface area contributed by atoms with Crippen molar-refractivity contribution in [1.29, 1.82) is 0 Å². The third-order valence-corrected chi connectivity index (χ3v) is 9.34. The fourth-order valence-corrected chi connectivity index (χ4v) is 6.33. The van der Waals surface area contributed by atoms with Gasteiger partial charge in [0.2, 0.25) is 23.6 Å². The summed E-state index contributed by atoms with van der Waals surface area (Å²) in [5.74, 6) is -0.975. The molecule has 1 atom stereocenters. The van der Waals surface area contributed by atoms with Gasteiger partial charge in [0.05, 0.1) is 26.2 Å². The Labute approximate surface area is 316 Å². The van der Waals surface area contributed by atoms with Crippen LogP contribution in [0.2, 0.25) is 0 Å². The van der Waals surface area contributed by atoms with E-state index in [1.165, 1.54) is 16.7 Å². The molecule has 0 bridgehead atoms. The molecule has 0 saturated carbocycles. The number of para-hydroxylation sites is 2. The van der Waals surface area contributed by atoms with E-state index in [0.717, 1.165) is 32.9 Å². The van der Waals surface area contributed by atoms with Crippen LogP contribution in [0.3, 0.4) is 0 Å². The quantitative estimate of drug-likeness (QED) is 0.0473. The number of ketones is 1. The number of nitrogens with one attached hydrogen (secondary N) is 5. The molecule has 53 heavy (non-hydrogen) atoms. The zero-order chi connectivity index (χ0) is 38.0. The smallest absolute Gasteiger partial charge is 0.242 e. The second kappa shape index (κ2) is 21.8. The third-order valence-electron chi connectivity index (χ3n) is 9.11. The van der Waals surface area contributed by atoms with Crippen LogP contribution in [-0.2, 0) is 41.6 Å². The fourth-order valence-electron chi connectivity index (χ4n) is 6.22. The number of ether oxygens (including phenoxy) is 1. The number of methoxy groups -OCH3 is 1. The summed E-state index contributed by atoms with van der Waals surface area (Å²) in [5.41, 5.74) is 3.97. The number of hydrogen-bond acceptors (Lipinski definition) is 8. The first kappa shape index (κ1) is 41.1. The molecular weight excluding hydrogens is 695 g/mol. The number of fused-ring (bicyclic) bond motifs is 2. The van der Waals surface area contributed by atoms with Crippen LogP contribution in [0.4, 0.5) is 0 Å². The number of H-pyrrole nitrogens is 2. The average molecular weight is 748 g/mol. The number of hydrogen-bond donors (Lipinski definition) is 6. The number of thiol groups is 1. The summed E-state index contributed by atoms with van der Waals surface area (Å²) in [7, 11) is 1.59. The van der Waals surface area contributed by atoms with Gasteiger partial charge in [-0.2, -0.15) is 12.6 Å². The minimum absolute atomic E-state index is 0.0209. The van der Waals surface area contributed by atoms with E-state index < -0.39 is 11.9 Å². The van der Waals surface area contributed by atoms with Crippen LogP contribution >= 0.6 is 12.6 Å². The fraction of sp³-hybridized carbons (Fsp3) is 0.462. The van der Waals surface area contributed by atoms with Gasteiger partial charge in [-0.15, -0.1) is 0 Å². The molecule has 2 heterocycles. The number of carbonyl (C=O) groups is 5. The molecule has 0 aliphatic rings. The van der Waals surface area contributed by atoms with Crippen molar-refractivity contribution in [2.45, 2.75) is 51.5 Å². The first-order valence-corrected chi connectivity index (χ1v) is 18.9. The van der Waals surface area contributed by atoms with Crippen LogP contribution in [0.25, 0.3) is 21.8 Å². The van der Waals surface area contributed by atoms with Crippen LogP contribution in [0.15, 0.2) is 60.9 Å². The van der Waals surface area contributed by atoms with Crippen molar-refractivity contribution in [3.63, 3.8) is 0 Å². The molecule has 0 fully saturated rings. The number of rotatable bonds is 24. The lowest BCUT2D eigenvalue weighted by Crippen LogP contribution is -2.52. The SMILES string of the molecule is COCCNCC(=O)N(CCc1c[nH]c2ccccc12)CC(=O)N(CCc1c[nH]c2ccccc12)CC(=O)NC(CCCCC(C)=O)C(=O)NCCS. The van der Waals surface area contributed by atoms with Crippen LogP contribution < -0.4 is 16.0 Å². The highest BCUT2D eigenvalue weighted by Gasteiger charge is 2.26. The van der Waals surface area contributed by atoms with E-state index >= 15 is 0 Å². The standard InChI is InChI=1S/C39H53N7O6S/c1-28(47)9-3-6-14-35(39(51)41-18-22-53)44-36(48)26-45(19-15-29-23-42-33-12-7-4-10-31(29)33)38(50)27-46(37(49)25-40-17-21-52-2)20-16-30-24-43-34-13-8-5-11-32(30)34/h4-5,7-8,10-13,23-24,35,40,42-43,53H,3,6,9,14-22,25-27H2,1-2H3,(H,41,51)(H,44,48). The van der Waals surface area contributed by atoms with Crippen molar-refractivity contribution in [2.75, 3.05) is 65.3 Å². The molecule has 0 aliphatic heterocycles. The first-order valence-electron chi connectivity index (χ1n) is 18.2. The number of nitrogens with zero attached hydrogens (tertiary/aromatic N) is 2. The van der Waals surface area contributed by atoms with Gasteiger partial charge in [-0.1, -0.05) is 42.8 Å². The number of amides is 4. The highest BCUT2D eigenvalue weighted by molar-refractivity contribution is 7.80. The number of aromatic nitrogens is 2. The van der Waals surface area contributed by atoms with E-state index in [2.05, 4.69) is 38.5 Å². The normalized spacial score (nSPS) is 11.8. The third kappa shape index (κ3) is 13.1. The summed E-state index contributed by atoms with van der Waals surface area (Å²) in [6, 6.07) is 14.9. The van der Waals surface area contributed by atoms with Gasteiger partial charge in [0.25, 0.3) is 0 Å². The lowest BCUT2D eigenvalue weighted by molar-refractivity contribution is -0.142. The van der Waals surface area contributed by atoms with E-state index in [-0.39, 0.29) is 56.2 Å². The maximum atomic E-state index is 14.2.